The zero-order valence-corrected chi connectivity index (χ0v) is 11.2. The van der Waals surface area contributed by atoms with Crippen LogP contribution in [0.4, 0.5) is 0 Å². The molecule has 2 aromatic rings. The minimum absolute atomic E-state index is 0.0154. The van der Waals surface area contributed by atoms with Gasteiger partial charge in [-0.2, -0.15) is 0 Å². The number of fused-ring (bicyclic) bond motifs is 1. The van der Waals surface area contributed by atoms with Gasteiger partial charge in [-0.1, -0.05) is 26.0 Å². The Morgan fingerprint density at radius 3 is 2.61 bits per heavy atom. The molecule has 1 aromatic carbocycles. The number of amides is 1. The van der Waals surface area contributed by atoms with Crippen molar-refractivity contribution in [1.82, 2.24) is 3.96 Å². The maximum atomic E-state index is 11.8. The highest BCUT2D eigenvalue weighted by Crippen LogP contribution is 2.14. The molecule has 0 aliphatic carbocycles. The van der Waals surface area contributed by atoms with E-state index < -0.39 is 0 Å². The summed E-state index contributed by atoms with van der Waals surface area (Å²) in [6.07, 6.45) is 0.796. The van der Waals surface area contributed by atoms with E-state index in [2.05, 4.69) is 4.99 Å². The standard InChI is InChI=1S/C13H14N2O2S/c1-3-11(16)14-13-9-7-5-6-8-10(9)15(18-13)12(17)4-2/h5-8H,3-4H2,1-2H3. The van der Waals surface area contributed by atoms with Gasteiger partial charge in [-0.3, -0.25) is 9.59 Å². The van der Waals surface area contributed by atoms with E-state index in [9.17, 15) is 9.59 Å². The monoisotopic (exact) mass is 262 g/mol. The Kier molecular flexibility index (Phi) is 3.72. The number of benzene rings is 1. The Morgan fingerprint density at radius 1 is 1.22 bits per heavy atom. The number of rotatable bonds is 2. The molecule has 1 heterocycles. The number of carbonyl (C=O) groups excluding carboxylic acids is 2. The van der Waals surface area contributed by atoms with Crippen molar-refractivity contribution in [1.29, 1.82) is 0 Å². The molecule has 94 valence electrons. The van der Waals surface area contributed by atoms with Crippen molar-refractivity contribution < 1.29 is 9.59 Å². The fourth-order valence-corrected chi connectivity index (χ4v) is 2.69. The minimum atomic E-state index is -0.168. The van der Waals surface area contributed by atoms with Crippen LogP contribution in [0.5, 0.6) is 0 Å². The normalized spacial score (nSPS) is 12.0. The van der Waals surface area contributed by atoms with Gasteiger partial charge in [0.25, 0.3) is 0 Å². The number of nitrogens with zero attached hydrogens (tertiary/aromatic N) is 2. The number of hydrogen-bond acceptors (Lipinski definition) is 3. The van der Waals surface area contributed by atoms with Crippen molar-refractivity contribution >= 4 is 34.2 Å². The van der Waals surface area contributed by atoms with Gasteiger partial charge in [0.1, 0.15) is 4.67 Å². The van der Waals surface area contributed by atoms with E-state index in [0.717, 1.165) is 10.9 Å². The van der Waals surface area contributed by atoms with Gasteiger partial charge in [0.2, 0.25) is 11.8 Å². The molecule has 0 saturated carbocycles. The van der Waals surface area contributed by atoms with Crippen LogP contribution in [0.15, 0.2) is 29.3 Å². The summed E-state index contributed by atoms with van der Waals surface area (Å²) < 4.78 is 2.22. The quantitative estimate of drug-likeness (QED) is 0.835. The smallest absolute Gasteiger partial charge is 0.246 e. The van der Waals surface area contributed by atoms with Gasteiger partial charge in [-0.05, 0) is 23.7 Å². The summed E-state index contributed by atoms with van der Waals surface area (Å²) >= 11 is 1.23. The minimum Gasteiger partial charge on any atom is -0.273 e. The second-order valence-electron chi connectivity index (χ2n) is 3.81. The molecule has 18 heavy (non-hydrogen) atoms. The van der Waals surface area contributed by atoms with Crippen LogP contribution < -0.4 is 4.67 Å². The third kappa shape index (κ3) is 2.26. The van der Waals surface area contributed by atoms with E-state index in [4.69, 9.17) is 0 Å². The summed E-state index contributed by atoms with van der Waals surface area (Å²) in [6, 6.07) is 7.51. The number of para-hydroxylation sites is 1. The summed E-state index contributed by atoms with van der Waals surface area (Å²) in [7, 11) is 0. The van der Waals surface area contributed by atoms with Gasteiger partial charge in [0.05, 0.1) is 5.52 Å². The lowest BCUT2D eigenvalue weighted by Crippen LogP contribution is -2.05. The van der Waals surface area contributed by atoms with Crippen molar-refractivity contribution in [3.05, 3.63) is 28.9 Å². The van der Waals surface area contributed by atoms with Crippen molar-refractivity contribution in [2.24, 2.45) is 4.99 Å². The Bertz CT molecular complexity index is 667. The lowest BCUT2D eigenvalue weighted by Gasteiger charge is -1.97. The van der Waals surface area contributed by atoms with Gasteiger partial charge in [0, 0.05) is 18.2 Å². The molecule has 4 nitrogen and oxygen atoms in total. The summed E-state index contributed by atoms with van der Waals surface area (Å²) in [4.78, 5) is 27.3. The van der Waals surface area contributed by atoms with Crippen LogP contribution in [-0.4, -0.2) is 15.8 Å². The molecule has 1 amide bonds. The van der Waals surface area contributed by atoms with Gasteiger partial charge in [0.15, 0.2) is 0 Å². The maximum absolute atomic E-state index is 11.8. The van der Waals surface area contributed by atoms with Gasteiger partial charge in [-0.15, -0.1) is 0 Å². The van der Waals surface area contributed by atoms with Crippen LogP contribution in [0.2, 0.25) is 0 Å². The average Bonchev–Trinajstić information content (AvgIpc) is 2.77. The molecular formula is C13H14N2O2S. The third-order valence-corrected chi connectivity index (χ3v) is 3.66. The molecule has 5 heteroatoms. The molecule has 0 unspecified atom stereocenters. The van der Waals surface area contributed by atoms with Crippen LogP contribution in [0.3, 0.4) is 0 Å². The molecule has 0 saturated heterocycles. The molecule has 0 aliphatic rings. The Morgan fingerprint density at radius 2 is 1.94 bits per heavy atom. The molecule has 0 fully saturated rings. The lowest BCUT2D eigenvalue weighted by atomic mass is 10.2. The highest BCUT2D eigenvalue weighted by Gasteiger charge is 2.10. The second-order valence-corrected chi connectivity index (χ2v) is 4.75. The van der Waals surface area contributed by atoms with Gasteiger partial charge >= 0.3 is 0 Å². The number of aromatic nitrogens is 1. The second kappa shape index (κ2) is 5.27. The van der Waals surface area contributed by atoms with E-state index in [0.29, 0.717) is 17.5 Å². The molecule has 0 radical (unpaired) electrons. The topological polar surface area (TPSA) is 51.4 Å². The van der Waals surface area contributed by atoms with Gasteiger partial charge < -0.3 is 0 Å². The SMILES string of the molecule is CCC(=O)N=c1sn(C(=O)CC)c2ccccc12. The first-order valence-corrected chi connectivity index (χ1v) is 6.66. The van der Waals surface area contributed by atoms with E-state index in [1.807, 2.05) is 31.2 Å². The summed E-state index contributed by atoms with van der Waals surface area (Å²) in [6.45, 7) is 3.59. The predicted octanol–water partition coefficient (Wildman–Crippen LogP) is 2.59. The zero-order chi connectivity index (χ0) is 13.1. The Hall–Kier alpha value is -1.75. The first-order chi connectivity index (χ1) is 8.67. The van der Waals surface area contributed by atoms with Gasteiger partial charge in [-0.25, -0.2) is 8.95 Å². The Labute approximate surface area is 109 Å². The highest BCUT2D eigenvalue weighted by molar-refractivity contribution is 7.06. The summed E-state index contributed by atoms with van der Waals surface area (Å²) in [5.74, 6) is -0.153. The fraction of sp³-hybridized carbons (Fsp3) is 0.308. The molecule has 0 aliphatic heterocycles. The summed E-state index contributed by atoms with van der Waals surface area (Å²) in [5.41, 5.74) is 0.817. The summed E-state index contributed by atoms with van der Waals surface area (Å²) in [5, 5.41) is 0.853. The molecule has 1 aromatic heterocycles. The first kappa shape index (κ1) is 12.7. The van der Waals surface area contributed by atoms with Crippen LogP contribution in [0, 0.1) is 0 Å². The van der Waals surface area contributed by atoms with Crippen LogP contribution in [-0.2, 0) is 4.79 Å². The molecule has 0 spiro atoms. The highest BCUT2D eigenvalue weighted by atomic mass is 32.1. The van der Waals surface area contributed by atoms with Crippen LogP contribution >= 0.6 is 11.5 Å². The van der Waals surface area contributed by atoms with Crippen molar-refractivity contribution in [2.75, 3.05) is 0 Å². The third-order valence-electron chi connectivity index (χ3n) is 2.59. The maximum Gasteiger partial charge on any atom is 0.246 e. The fourth-order valence-electron chi connectivity index (χ4n) is 1.62. The first-order valence-electron chi connectivity index (χ1n) is 5.89. The van der Waals surface area contributed by atoms with E-state index in [1.54, 1.807) is 10.9 Å². The Balaban J connectivity index is 2.73. The molecule has 0 atom stereocenters. The average molecular weight is 262 g/mol. The molecule has 0 bridgehead atoms. The lowest BCUT2D eigenvalue weighted by molar-refractivity contribution is -0.117. The molecular weight excluding hydrogens is 248 g/mol. The van der Waals surface area contributed by atoms with Crippen molar-refractivity contribution in [3.8, 4) is 0 Å². The predicted molar refractivity (Wildman–Crippen MR) is 71.6 cm³/mol. The van der Waals surface area contributed by atoms with Crippen molar-refractivity contribution in [3.63, 3.8) is 0 Å². The van der Waals surface area contributed by atoms with E-state index >= 15 is 0 Å². The molecule has 2 rings (SSSR count). The van der Waals surface area contributed by atoms with E-state index in [1.165, 1.54) is 11.5 Å². The number of hydrogen-bond donors (Lipinski definition) is 0. The van der Waals surface area contributed by atoms with Crippen LogP contribution in [0.25, 0.3) is 10.9 Å². The van der Waals surface area contributed by atoms with E-state index in [-0.39, 0.29) is 11.8 Å². The van der Waals surface area contributed by atoms with Crippen LogP contribution in [0.1, 0.15) is 31.5 Å². The largest absolute Gasteiger partial charge is 0.273 e. The molecule has 0 N–H and O–H groups in total. The number of carbonyl (C=O) groups is 2. The zero-order valence-electron chi connectivity index (χ0n) is 10.3. The van der Waals surface area contributed by atoms with Crippen molar-refractivity contribution in [2.45, 2.75) is 26.7 Å².